The number of carbonyl (C=O) groups excluding carboxylic acids is 1. The van der Waals surface area contributed by atoms with Crippen LogP contribution in [-0.4, -0.2) is 11.1 Å². The third-order valence-corrected chi connectivity index (χ3v) is 3.45. The molecule has 0 radical (unpaired) electrons. The van der Waals surface area contributed by atoms with Gasteiger partial charge in [-0.25, -0.2) is 0 Å². The SMILES string of the molecule is O=C(CCBr)c1cc(CCl)ccc1I. The Balaban J connectivity index is 2.99. The van der Waals surface area contributed by atoms with Crippen molar-refractivity contribution in [1.82, 2.24) is 0 Å². The van der Waals surface area contributed by atoms with E-state index in [4.69, 9.17) is 11.6 Å². The largest absolute Gasteiger partial charge is 0.294 e. The Morgan fingerprint density at radius 1 is 1.50 bits per heavy atom. The predicted molar refractivity (Wildman–Crippen MR) is 71.5 cm³/mol. The summed E-state index contributed by atoms with van der Waals surface area (Å²) in [6, 6.07) is 5.75. The Labute approximate surface area is 110 Å². The molecule has 0 heterocycles. The molecule has 76 valence electrons. The average molecular weight is 387 g/mol. The monoisotopic (exact) mass is 386 g/mol. The summed E-state index contributed by atoms with van der Waals surface area (Å²) in [4.78, 5) is 11.7. The molecule has 1 nitrogen and oxygen atoms in total. The Bertz CT molecular complexity index is 341. The van der Waals surface area contributed by atoms with Gasteiger partial charge in [-0.2, -0.15) is 0 Å². The maximum atomic E-state index is 11.7. The van der Waals surface area contributed by atoms with E-state index in [1.807, 2.05) is 18.2 Å². The summed E-state index contributed by atoms with van der Waals surface area (Å²) in [7, 11) is 0. The highest BCUT2D eigenvalue weighted by atomic mass is 127. The van der Waals surface area contributed by atoms with Crippen LogP contribution < -0.4 is 0 Å². The number of ketones is 1. The minimum Gasteiger partial charge on any atom is -0.294 e. The highest BCUT2D eigenvalue weighted by Crippen LogP contribution is 2.17. The number of rotatable bonds is 4. The zero-order valence-corrected chi connectivity index (χ0v) is 11.9. The fraction of sp³-hybridized carbons (Fsp3) is 0.300. The number of Topliss-reactive ketones (excluding diaryl/α,β-unsaturated/α-hetero) is 1. The van der Waals surface area contributed by atoms with E-state index >= 15 is 0 Å². The van der Waals surface area contributed by atoms with Gasteiger partial charge in [0, 0.05) is 26.8 Å². The van der Waals surface area contributed by atoms with Gasteiger partial charge in [-0.3, -0.25) is 4.79 Å². The van der Waals surface area contributed by atoms with E-state index in [2.05, 4.69) is 38.5 Å². The van der Waals surface area contributed by atoms with Gasteiger partial charge in [-0.1, -0.05) is 22.0 Å². The van der Waals surface area contributed by atoms with Crippen molar-refractivity contribution in [3.63, 3.8) is 0 Å². The molecule has 0 aliphatic rings. The van der Waals surface area contributed by atoms with E-state index in [1.54, 1.807) is 0 Å². The van der Waals surface area contributed by atoms with Crippen LogP contribution in [0.3, 0.4) is 0 Å². The molecule has 0 unspecified atom stereocenters. The minimum atomic E-state index is 0.165. The molecular formula is C10H9BrClIO. The van der Waals surface area contributed by atoms with Crippen LogP contribution in [0.5, 0.6) is 0 Å². The van der Waals surface area contributed by atoms with Gasteiger partial charge in [0.15, 0.2) is 5.78 Å². The summed E-state index contributed by atoms with van der Waals surface area (Å²) >= 11 is 11.1. The first-order valence-corrected chi connectivity index (χ1v) is 6.86. The molecule has 0 fully saturated rings. The van der Waals surface area contributed by atoms with E-state index in [0.717, 1.165) is 14.7 Å². The summed E-state index contributed by atoms with van der Waals surface area (Å²) in [5.41, 5.74) is 1.77. The molecule has 1 aromatic carbocycles. The van der Waals surface area contributed by atoms with Crippen molar-refractivity contribution in [3.8, 4) is 0 Å². The van der Waals surface area contributed by atoms with Crippen LogP contribution in [0.1, 0.15) is 22.3 Å². The zero-order valence-electron chi connectivity index (χ0n) is 7.40. The molecule has 4 heteroatoms. The smallest absolute Gasteiger partial charge is 0.164 e. The van der Waals surface area contributed by atoms with Gasteiger partial charge in [0.1, 0.15) is 0 Å². The first-order chi connectivity index (χ1) is 6.69. The number of carbonyl (C=O) groups is 1. The van der Waals surface area contributed by atoms with E-state index in [0.29, 0.717) is 17.6 Å². The van der Waals surface area contributed by atoms with Crippen LogP contribution in [0.25, 0.3) is 0 Å². The van der Waals surface area contributed by atoms with Gasteiger partial charge in [-0.15, -0.1) is 11.6 Å². The van der Waals surface area contributed by atoms with Crippen molar-refractivity contribution in [2.45, 2.75) is 12.3 Å². The molecule has 1 rings (SSSR count). The summed E-state index contributed by atoms with van der Waals surface area (Å²) in [6.07, 6.45) is 0.530. The lowest BCUT2D eigenvalue weighted by atomic mass is 10.1. The molecular weight excluding hydrogens is 378 g/mol. The van der Waals surface area contributed by atoms with Crippen molar-refractivity contribution >= 4 is 55.9 Å². The van der Waals surface area contributed by atoms with Crippen LogP contribution in [0.2, 0.25) is 0 Å². The van der Waals surface area contributed by atoms with Crippen molar-refractivity contribution in [2.75, 3.05) is 5.33 Å². The molecule has 1 aromatic rings. The molecule has 0 aliphatic carbocycles. The number of hydrogen-bond acceptors (Lipinski definition) is 1. The van der Waals surface area contributed by atoms with E-state index in [9.17, 15) is 4.79 Å². The molecule has 0 aliphatic heterocycles. The van der Waals surface area contributed by atoms with Crippen molar-refractivity contribution in [2.24, 2.45) is 0 Å². The lowest BCUT2D eigenvalue weighted by Gasteiger charge is -2.04. The first-order valence-electron chi connectivity index (χ1n) is 4.12. The van der Waals surface area contributed by atoms with Gasteiger partial charge in [0.25, 0.3) is 0 Å². The average Bonchev–Trinajstić information content (AvgIpc) is 2.19. The van der Waals surface area contributed by atoms with Gasteiger partial charge >= 0.3 is 0 Å². The molecule has 0 amide bonds. The lowest BCUT2D eigenvalue weighted by molar-refractivity contribution is 0.0989. The number of alkyl halides is 2. The third-order valence-electron chi connectivity index (χ3n) is 1.81. The standard InChI is InChI=1S/C10H9BrClIO/c11-4-3-10(14)8-5-7(6-12)1-2-9(8)13/h1-2,5H,3-4,6H2. The predicted octanol–water partition coefficient (Wildman–Crippen LogP) is 4.00. The fourth-order valence-electron chi connectivity index (χ4n) is 1.09. The minimum absolute atomic E-state index is 0.165. The van der Waals surface area contributed by atoms with Gasteiger partial charge in [0.2, 0.25) is 0 Å². The highest BCUT2D eigenvalue weighted by molar-refractivity contribution is 14.1. The van der Waals surface area contributed by atoms with Crippen LogP contribution in [0.15, 0.2) is 18.2 Å². The Morgan fingerprint density at radius 2 is 2.21 bits per heavy atom. The molecule has 0 aromatic heterocycles. The van der Waals surface area contributed by atoms with Crippen LogP contribution in [-0.2, 0) is 5.88 Å². The van der Waals surface area contributed by atoms with Crippen LogP contribution >= 0.6 is 50.1 Å². The second-order valence-corrected chi connectivity index (χ2v) is 5.03. The molecule has 0 spiro atoms. The van der Waals surface area contributed by atoms with E-state index < -0.39 is 0 Å². The van der Waals surface area contributed by atoms with Crippen LogP contribution in [0.4, 0.5) is 0 Å². The molecule has 0 bridgehead atoms. The number of hydrogen-bond donors (Lipinski definition) is 0. The molecule has 0 N–H and O–H groups in total. The topological polar surface area (TPSA) is 17.1 Å². The zero-order chi connectivity index (χ0) is 10.6. The third kappa shape index (κ3) is 3.21. The second kappa shape index (κ2) is 6.08. The Hall–Kier alpha value is 0.390. The van der Waals surface area contributed by atoms with Gasteiger partial charge in [-0.05, 0) is 40.3 Å². The van der Waals surface area contributed by atoms with Gasteiger partial charge < -0.3 is 0 Å². The summed E-state index contributed by atoms with van der Waals surface area (Å²) in [6.45, 7) is 0. The summed E-state index contributed by atoms with van der Waals surface area (Å²) in [5, 5.41) is 0.701. The molecule has 14 heavy (non-hydrogen) atoms. The lowest BCUT2D eigenvalue weighted by Crippen LogP contribution is -2.03. The number of halogens is 3. The summed E-state index contributed by atoms with van der Waals surface area (Å²) < 4.78 is 0.988. The van der Waals surface area contributed by atoms with E-state index in [-0.39, 0.29) is 5.78 Å². The Kier molecular flexibility index (Phi) is 5.41. The van der Waals surface area contributed by atoms with Crippen molar-refractivity contribution in [3.05, 3.63) is 32.9 Å². The van der Waals surface area contributed by atoms with Crippen molar-refractivity contribution in [1.29, 1.82) is 0 Å². The maximum Gasteiger partial charge on any atom is 0.164 e. The van der Waals surface area contributed by atoms with Crippen molar-refractivity contribution < 1.29 is 4.79 Å². The number of benzene rings is 1. The second-order valence-electron chi connectivity index (χ2n) is 2.81. The normalized spacial score (nSPS) is 10.2. The quantitative estimate of drug-likeness (QED) is 0.434. The Morgan fingerprint density at radius 3 is 2.79 bits per heavy atom. The first kappa shape index (κ1) is 12.5. The maximum absolute atomic E-state index is 11.7. The highest BCUT2D eigenvalue weighted by Gasteiger charge is 2.09. The van der Waals surface area contributed by atoms with Gasteiger partial charge in [0.05, 0.1) is 0 Å². The fourth-order valence-corrected chi connectivity index (χ4v) is 2.25. The summed E-state index contributed by atoms with van der Waals surface area (Å²) in [5.74, 6) is 0.615. The molecule has 0 atom stereocenters. The van der Waals surface area contributed by atoms with Crippen LogP contribution in [0, 0.1) is 3.57 Å². The molecule has 0 saturated heterocycles. The molecule has 0 saturated carbocycles. The van der Waals surface area contributed by atoms with E-state index in [1.165, 1.54) is 0 Å².